The molecule has 1 aromatic rings. The average Bonchev–Trinajstić information content (AvgIpc) is 2.79. The maximum Gasteiger partial charge on any atom is 0.196 e. The Morgan fingerprint density at radius 3 is 2.31 bits per heavy atom. The number of aryl methyl sites for hydroxylation is 1. The van der Waals surface area contributed by atoms with Gasteiger partial charge < -0.3 is 4.74 Å². The number of rotatable bonds is 8. The van der Waals surface area contributed by atoms with Crippen molar-refractivity contribution in [3.05, 3.63) is 47.3 Å². The molecule has 0 bridgehead atoms. The summed E-state index contributed by atoms with van der Waals surface area (Å²) in [6, 6.07) is 10.8. The molecule has 0 amide bonds. The molecule has 0 heterocycles. The molecule has 29 heavy (non-hydrogen) atoms. The summed E-state index contributed by atoms with van der Waals surface area (Å²) in [6.07, 6.45) is 14.4. The average molecular weight is 398 g/mol. The number of nitrogens with zero attached hydrogens (tertiary/aromatic N) is 1. The van der Waals surface area contributed by atoms with Crippen molar-refractivity contribution in [3.63, 3.8) is 0 Å². The van der Waals surface area contributed by atoms with Crippen LogP contribution in [0.2, 0.25) is 0 Å². The summed E-state index contributed by atoms with van der Waals surface area (Å²) in [7, 11) is 0. The van der Waals surface area contributed by atoms with Crippen LogP contribution in [0, 0.1) is 23.2 Å². The maximum absolute atomic E-state index is 12.9. The van der Waals surface area contributed by atoms with Gasteiger partial charge in [0.1, 0.15) is 6.07 Å². The van der Waals surface area contributed by atoms with E-state index in [-0.39, 0.29) is 0 Å². The van der Waals surface area contributed by atoms with E-state index in [0.717, 1.165) is 44.1 Å². The van der Waals surface area contributed by atoms with E-state index >= 15 is 0 Å². The molecular weight excluding hydrogens is 361 g/mol. The molecule has 2 nitrogen and oxygen atoms in total. The summed E-state index contributed by atoms with van der Waals surface area (Å²) < 4.78 is 19.1. The van der Waals surface area contributed by atoms with Crippen LogP contribution in [0.1, 0.15) is 88.2 Å². The minimum absolute atomic E-state index is 0.414. The molecule has 0 N–H and O–H groups in total. The van der Waals surface area contributed by atoms with Gasteiger partial charge in [-0.1, -0.05) is 31.2 Å². The Labute approximate surface area is 176 Å². The van der Waals surface area contributed by atoms with Crippen molar-refractivity contribution in [3.8, 4) is 6.07 Å². The van der Waals surface area contributed by atoms with Crippen LogP contribution in [0.5, 0.6) is 0 Å². The van der Waals surface area contributed by atoms with Gasteiger partial charge in [0.15, 0.2) is 5.83 Å². The molecule has 3 heteroatoms. The summed E-state index contributed by atoms with van der Waals surface area (Å²) in [5, 5.41) is 8.45. The van der Waals surface area contributed by atoms with E-state index in [1.54, 1.807) is 6.07 Å². The topological polar surface area (TPSA) is 33.0 Å². The van der Waals surface area contributed by atoms with Crippen LogP contribution in [0.3, 0.4) is 0 Å². The third kappa shape index (κ3) is 6.96. The molecule has 0 atom stereocenters. The number of benzene rings is 1. The number of nitriles is 1. The summed E-state index contributed by atoms with van der Waals surface area (Å²) in [6.45, 7) is 3.13. The standard InChI is InChI=1S/C26H36FNO/c1-2-20-6-12-23(13-7-20)24-14-8-22(9-15-24)19-29-26-16-10-21(11-17-26)4-3-5-25(27)18-28/h5-7,12-13,21-22,24,26H,2-4,8-11,14-17,19H2,1H3/b25-5-/t21-,22-,24-,26-. The van der Waals surface area contributed by atoms with E-state index in [4.69, 9.17) is 10.00 Å². The maximum atomic E-state index is 12.9. The molecule has 158 valence electrons. The number of ether oxygens (including phenoxy) is 1. The highest BCUT2D eigenvalue weighted by molar-refractivity contribution is 5.25. The first kappa shape index (κ1) is 22.0. The quantitative estimate of drug-likeness (QED) is 0.433. The fourth-order valence-electron chi connectivity index (χ4n) is 5.04. The molecule has 2 aliphatic rings. The fraction of sp³-hybridized carbons (Fsp3) is 0.654. The highest BCUT2D eigenvalue weighted by Gasteiger charge is 2.25. The van der Waals surface area contributed by atoms with Gasteiger partial charge in [-0.05, 0) is 106 Å². The van der Waals surface area contributed by atoms with Gasteiger partial charge >= 0.3 is 0 Å². The minimum Gasteiger partial charge on any atom is -0.378 e. The van der Waals surface area contributed by atoms with Crippen LogP contribution in [0.15, 0.2) is 36.2 Å². The number of allylic oxidation sites excluding steroid dienone is 2. The van der Waals surface area contributed by atoms with Crippen molar-refractivity contribution in [2.75, 3.05) is 6.61 Å². The normalized spacial score (nSPS) is 28.1. The van der Waals surface area contributed by atoms with Gasteiger partial charge in [0, 0.05) is 6.61 Å². The Morgan fingerprint density at radius 1 is 1.03 bits per heavy atom. The van der Waals surface area contributed by atoms with Crippen molar-refractivity contribution in [2.24, 2.45) is 11.8 Å². The minimum atomic E-state index is -0.644. The molecule has 2 fully saturated rings. The van der Waals surface area contributed by atoms with E-state index in [9.17, 15) is 4.39 Å². The molecule has 0 aliphatic heterocycles. The molecule has 0 radical (unpaired) electrons. The van der Waals surface area contributed by atoms with Crippen molar-refractivity contribution < 1.29 is 9.13 Å². The summed E-state index contributed by atoms with van der Waals surface area (Å²) in [5.41, 5.74) is 2.95. The Morgan fingerprint density at radius 2 is 1.69 bits per heavy atom. The lowest BCUT2D eigenvalue weighted by molar-refractivity contribution is -0.00824. The molecule has 1 aromatic carbocycles. The first-order valence-electron chi connectivity index (χ1n) is 11.6. The number of hydrogen-bond acceptors (Lipinski definition) is 2. The predicted molar refractivity (Wildman–Crippen MR) is 116 cm³/mol. The van der Waals surface area contributed by atoms with E-state index in [1.807, 2.05) is 0 Å². The molecule has 0 unspecified atom stereocenters. The van der Waals surface area contributed by atoms with E-state index in [0.29, 0.717) is 18.4 Å². The van der Waals surface area contributed by atoms with Crippen LogP contribution < -0.4 is 0 Å². The van der Waals surface area contributed by atoms with Gasteiger partial charge in [0.2, 0.25) is 0 Å². The highest BCUT2D eigenvalue weighted by atomic mass is 19.1. The van der Waals surface area contributed by atoms with Gasteiger partial charge in [-0.15, -0.1) is 0 Å². The first-order chi connectivity index (χ1) is 14.2. The third-order valence-corrected chi connectivity index (χ3v) is 7.07. The molecule has 2 saturated carbocycles. The van der Waals surface area contributed by atoms with Crippen LogP contribution in [-0.4, -0.2) is 12.7 Å². The largest absolute Gasteiger partial charge is 0.378 e. The lowest BCUT2D eigenvalue weighted by atomic mass is 9.79. The zero-order chi connectivity index (χ0) is 20.5. The predicted octanol–water partition coefficient (Wildman–Crippen LogP) is 7.26. The Hall–Kier alpha value is -1.66. The fourth-order valence-corrected chi connectivity index (χ4v) is 5.04. The Kier molecular flexibility index (Phi) is 8.74. The van der Waals surface area contributed by atoms with Crippen LogP contribution >= 0.6 is 0 Å². The van der Waals surface area contributed by atoms with E-state index in [2.05, 4.69) is 31.2 Å². The second kappa shape index (κ2) is 11.5. The van der Waals surface area contributed by atoms with E-state index < -0.39 is 5.83 Å². The highest BCUT2D eigenvalue weighted by Crippen LogP contribution is 2.37. The lowest BCUT2D eigenvalue weighted by Crippen LogP contribution is -2.25. The molecule has 2 aliphatic carbocycles. The monoisotopic (exact) mass is 397 g/mol. The summed E-state index contributed by atoms with van der Waals surface area (Å²) >= 11 is 0. The first-order valence-corrected chi connectivity index (χ1v) is 11.6. The smallest absolute Gasteiger partial charge is 0.196 e. The zero-order valence-corrected chi connectivity index (χ0v) is 17.9. The van der Waals surface area contributed by atoms with Crippen LogP contribution in [0.4, 0.5) is 4.39 Å². The SMILES string of the molecule is CCc1ccc([C@H]2CC[C@H](CO[C@H]3CC[C@H](CC/C=C(\F)C#N)CC3)CC2)cc1. The number of hydrogen-bond donors (Lipinski definition) is 0. The zero-order valence-electron chi connectivity index (χ0n) is 17.9. The number of halogens is 1. The lowest BCUT2D eigenvalue weighted by Gasteiger charge is -2.32. The van der Waals surface area contributed by atoms with Crippen molar-refractivity contribution in [2.45, 2.75) is 89.6 Å². The van der Waals surface area contributed by atoms with Crippen molar-refractivity contribution >= 4 is 0 Å². The van der Waals surface area contributed by atoms with Crippen LogP contribution in [0.25, 0.3) is 0 Å². The molecule has 0 spiro atoms. The van der Waals surface area contributed by atoms with Gasteiger partial charge in [0.25, 0.3) is 0 Å². The second-order valence-electron chi connectivity index (χ2n) is 9.03. The van der Waals surface area contributed by atoms with Gasteiger partial charge in [-0.3, -0.25) is 0 Å². The Bertz CT molecular complexity index is 674. The van der Waals surface area contributed by atoms with Crippen LogP contribution in [-0.2, 0) is 11.2 Å². The molecular formula is C26H36FNO. The van der Waals surface area contributed by atoms with Crippen molar-refractivity contribution in [1.29, 1.82) is 5.26 Å². The van der Waals surface area contributed by atoms with Gasteiger partial charge in [-0.2, -0.15) is 9.65 Å². The summed E-state index contributed by atoms with van der Waals surface area (Å²) in [4.78, 5) is 0. The third-order valence-electron chi connectivity index (χ3n) is 7.07. The van der Waals surface area contributed by atoms with Crippen molar-refractivity contribution in [1.82, 2.24) is 0 Å². The molecule has 3 rings (SSSR count). The van der Waals surface area contributed by atoms with Gasteiger partial charge in [0.05, 0.1) is 6.10 Å². The molecule has 0 saturated heterocycles. The molecule has 0 aromatic heterocycles. The van der Waals surface area contributed by atoms with Gasteiger partial charge in [-0.25, -0.2) is 0 Å². The second-order valence-corrected chi connectivity index (χ2v) is 9.03. The summed E-state index contributed by atoms with van der Waals surface area (Å²) in [5.74, 6) is 1.47. The van der Waals surface area contributed by atoms with E-state index in [1.165, 1.54) is 55.7 Å². The Balaban J connectivity index is 1.30.